The number of hydrogen-bond donors (Lipinski definition) is 0. The number of ether oxygens (including phenoxy) is 2. The Hall–Kier alpha value is -2.31. The largest absolute Gasteiger partial charge is 0.376 e. The highest BCUT2D eigenvalue weighted by Crippen LogP contribution is 2.40. The summed E-state index contributed by atoms with van der Waals surface area (Å²) in [4.78, 5) is 22.8. The van der Waals surface area contributed by atoms with Gasteiger partial charge < -0.3 is 14.4 Å². The number of carbonyl (C=O) groups excluding carboxylic acids is 1. The normalized spacial score (nSPS) is 21.0. The van der Waals surface area contributed by atoms with E-state index in [1.165, 1.54) is 0 Å². The first-order valence-corrected chi connectivity index (χ1v) is 9.00. The number of amides is 1. The van der Waals surface area contributed by atoms with Crippen LogP contribution in [0.15, 0.2) is 42.7 Å². The number of nitrogens with zero attached hydrogens (tertiary/aromatic N) is 3. The fourth-order valence-electron chi connectivity index (χ4n) is 3.74. The van der Waals surface area contributed by atoms with E-state index in [1.807, 2.05) is 36.1 Å². The van der Waals surface area contributed by atoms with Gasteiger partial charge in [-0.2, -0.15) is 0 Å². The summed E-state index contributed by atoms with van der Waals surface area (Å²) >= 11 is 0. The molecule has 0 radical (unpaired) electrons. The number of hydrogen-bond acceptors (Lipinski definition) is 5. The van der Waals surface area contributed by atoms with Crippen molar-refractivity contribution in [2.75, 3.05) is 26.3 Å². The van der Waals surface area contributed by atoms with Gasteiger partial charge in [-0.1, -0.05) is 6.07 Å². The number of likely N-dealkylation sites (tertiary alicyclic amines) is 1. The zero-order valence-corrected chi connectivity index (χ0v) is 14.9. The van der Waals surface area contributed by atoms with E-state index < -0.39 is 0 Å². The molecule has 26 heavy (non-hydrogen) atoms. The first-order chi connectivity index (χ1) is 12.7. The molecule has 2 fully saturated rings. The minimum Gasteiger partial charge on any atom is -0.376 e. The molecule has 1 unspecified atom stereocenters. The second kappa shape index (κ2) is 7.13. The van der Waals surface area contributed by atoms with E-state index in [2.05, 4.69) is 9.97 Å². The summed E-state index contributed by atoms with van der Waals surface area (Å²) < 4.78 is 11.9. The zero-order valence-electron chi connectivity index (χ0n) is 14.9. The molecule has 0 aliphatic carbocycles. The molecule has 2 aliphatic heterocycles. The summed E-state index contributed by atoms with van der Waals surface area (Å²) in [5, 5.41) is 0. The minimum atomic E-state index is -0.252. The fraction of sp³-hybridized carbons (Fsp3) is 0.450. The van der Waals surface area contributed by atoms with E-state index >= 15 is 0 Å². The Morgan fingerprint density at radius 3 is 2.88 bits per heavy atom. The van der Waals surface area contributed by atoms with Gasteiger partial charge in [0.25, 0.3) is 5.91 Å². The maximum atomic E-state index is 12.6. The van der Waals surface area contributed by atoms with E-state index in [4.69, 9.17) is 9.47 Å². The maximum Gasteiger partial charge on any atom is 0.272 e. The Morgan fingerprint density at radius 2 is 2.12 bits per heavy atom. The Balaban J connectivity index is 1.32. The van der Waals surface area contributed by atoms with Crippen LogP contribution in [0.25, 0.3) is 0 Å². The van der Waals surface area contributed by atoms with Crippen LogP contribution in [0.1, 0.15) is 28.2 Å². The smallest absolute Gasteiger partial charge is 0.272 e. The van der Waals surface area contributed by atoms with Gasteiger partial charge in [0.15, 0.2) is 0 Å². The van der Waals surface area contributed by atoms with Crippen molar-refractivity contribution < 1.29 is 14.3 Å². The molecule has 0 aromatic carbocycles. The summed E-state index contributed by atoms with van der Waals surface area (Å²) in [5.74, 6) is 0.296. The van der Waals surface area contributed by atoms with Crippen LogP contribution in [-0.2, 0) is 16.1 Å². The molecule has 136 valence electrons. The lowest BCUT2D eigenvalue weighted by Gasteiger charge is -2.50. The van der Waals surface area contributed by atoms with Gasteiger partial charge in [-0.3, -0.25) is 9.78 Å². The van der Waals surface area contributed by atoms with Crippen LogP contribution >= 0.6 is 0 Å². The van der Waals surface area contributed by atoms with Crippen molar-refractivity contribution in [2.45, 2.75) is 25.6 Å². The number of aryl methyl sites for hydroxylation is 1. The number of pyridine rings is 2. The van der Waals surface area contributed by atoms with Gasteiger partial charge in [-0.15, -0.1) is 0 Å². The van der Waals surface area contributed by atoms with Crippen molar-refractivity contribution in [2.24, 2.45) is 5.92 Å². The van der Waals surface area contributed by atoms with E-state index in [0.717, 1.165) is 24.3 Å². The molecular weight excluding hydrogens is 330 g/mol. The lowest BCUT2D eigenvalue weighted by molar-refractivity contribution is -0.129. The Bertz CT molecular complexity index is 775. The third-order valence-electron chi connectivity index (χ3n) is 5.25. The Morgan fingerprint density at radius 1 is 1.31 bits per heavy atom. The lowest BCUT2D eigenvalue weighted by Crippen LogP contribution is -2.66. The molecule has 4 heterocycles. The highest BCUT2D eigenvalue weighted by atomic mass is 16.5. The average Bonchev–Trinajstić information content (AvgIpc) is 3.05. The molecule has 2 saturated heterocycles. The molecule has 0 bridgehead atoms. The molecule has 0 saturated carbocycles. The van der Waals surface area contributed by atoms with E-state index in [0.29, 0.717) is 37.9 Å². The minimum absolute atomic E-state index is 0.0220. The van der Waals surface area contributed by atoms with Crippen LogP contribution in [0.5, 0.6) is 0 Å². The quantitative estimate of drug-likeness (QED) is 0.825. The van der Waals surface area contributed by atoms with Crippen molar-refractivity contribution in [3.8, 4) is 0 Å². The number of rotatable bonds is 5. The van der Waals surface area contributed by atoms with E-state index in [1.54, 1.807) is 18.5 Å². The predicted octanol–water partition coefficient (Wildman–Crippen LogP) is 2.23. The van der Waals surface area contributed by atoms with Crippen LogP contribution in [0.3, 0.4) is 0 Å². The summed E-state index contributed by atoms with van der Waals surface area (Å²) in [6.07, 6.45) is 4.52. The van der Waals surface area contributed by atoms with E-state index in [-0.39, 0.29) is 11.5 Å². The predicted molar refractivity (Wildman–Crippen MR) is 95.6 cm³/mol. The van der Waals surface area contributed by atoms with Crippen LogP contribution in [0.4, 0.5) is 0 Å². The summed E-state index contributed by atoms with van der Waals surface area (Å²) in [6.45, 7) is 5.08. The molecule has 4 rings (SSSR count). The first kappa shape index (κ1) is 17.1. The van der Waals surface area contributed by atoms with Crippen molar-refractivity contribution in [3.05, 3.63) is 59.7 Å². The van der Waals surface area contributed by atoms with Crippen LogP contribution < -0.4 is 0 Å². The van der Waals surface area contributed by atoms with Crippen molar-refractivity contribution in [3.63, 3.8) is 0 Å². The molecular formula is C20H23N3O3. The Labute approximate surface area is 153 Å². The summed E-state index contributed by atoms with van der Waals surface area (Å²) in [6, 6.07) is 9.45. The summed E-state index contributed by atoms with van der Waals surface area (Å²) in [7, 11) is 0. The molecule has 1 amide bonds. The van der Waals surface area contributed by atoms with Crippen LogP contribution in [-0.4, -0.2) is 52.7 Å². The van der Waals surface area contributed by atoms with Crippen LogP contribution in [0.2, 0.25) is 0 Å². The average molecular weight is 353 g/mol. The van der Waals surface area contributed by atoms with Gasteiger partial charge in [0, 0.05) is 30.6 Å². The van der Waals surface area contributed by atoms with Crippen molar-refractivity contribution >= 4 is 5.91 Å². The van der Waals surface area contributed by atoms with Gasteiger partial charge in [-0.25, -0.2) is 4.98 Å². The molecule has 0 N–H and O–H groups in total. The second-order valence-electron chi connectivity index (χ2n) is 7.09. The lowest BCUT2D eigenvalue weighted by atomic mass is 9.81. The molecule has 6 heteroatoms. The number of aromatic nitrogens is 2. The molecule has 1 atom stereocenters. The Kier molecular flexibility index (Phi) is 4.70. The maximum absolute atomic E-state index is 12.6. The van der Waals surface area contributed by atoms with Gasteiger partial charge in [0.2, 0.25) is 0 Å². The van der Waals surface area contributed by atoms with Crippen molar-refractivity contribution in [1.82, 2.24) is 14.9 Å². The van der Waals surface area contributed by atoms with Crippen molar-refractivity contribution in [1.29, 1.82) is 0 Å². The molecule has 2 aromatic heterocycles. The SMILES string of the molecule is Cc1cccc(C(=O)N2CC3(C2)OCCC3COCc2ccncc2)n1. The standard InChI is InChI=1S/C20H23N3O3/c1-15-3-2-4-18(22-15)19(24)23-13-20(14-23)17(7-10-26-20)12-25-11-16-5-8-21-9-6-16/h2-6,8-9,17H,7,10-14H2,1H3. The van der Waals surface area contributed by atoms with Gasteiger partial charge >= 0.3 is 0 Å². The topological polar surface area (TPSA) is 64.6 Å². The zero-order chi connectivity index (χ0) is 18.0. The third kappa shape index (κ3) is 3.34. The number of carbonyl (C=O) groups is 1. The van der Waals surface area contributed by atoms with Gasteiger partial charge in [0.05, 0.1) is 26.3 Å². The third-order valence-corrected chi connectivity index (χ3v) is 5.25. The van der Waals surface area contributed by atoms with Gasteiger partial charge in [0.1, 0.15) is 11.3 Å². The highest BCUT2D eigenvalue weighted by Gasteiger charge is 2.54. The monoisotopic (exact) mass is 353 g/mol. The van der Waals surface area contributed by atoms with Crippen LogP contribution in [0, 0.1) is 12.8 Å². The second-order valence-corrected chi connectivity index (χ2v) is 7.09. The first-order valence-electron chi connectivity index (χ1n) is 9.00. The highest BCUT2D eigenvalue weighted by molar-refractivity contribution is 5.93. The molecule has 1 spiro atoms. The van der Waals surface area contributed by atoms with Gasteiger partial charge in [-0.05, 0) is 43.2 Å². The molecule has 2 aliphatic rings. The molecule has 6 nitrogen and oxygen atoms in total. The summed E-state index contributed by atoms with van der Waals surface area (Å²) in [5.41, 5.74) is 2.22. The fourth-order valence-corrected chi connectivity index (χ4v) is 3.74. The van der Waals surface area contributed by atoms with E-state index in [9.17, 15) is 4.79 Å². The molecule has 2 aromatic rings.